The first-order valence-electron chi connectivity index (χ1n) is 12.0. The number of nitrogens with one attached hydrogen (secondary N) is 2. The smallest absolute Gasteiger partial charge is 0.353 e. The number of thiazole rings is 1. The molecular weight excluding hydrogens is 558 g/mol. The van der Waals surface area contributed by atoms with Gasteiger partial charge in [0.05, 0.1) is 12.8 Å². The van der Waals surface area contributed by atoms with Gasteiger partial charge in [0.15, 0.2) is 0 Å². The molecule has 0 spiro atoms. The maximum absolute atomic E-state index is 12.5. The third-order valence-electron chi connectivity index (χ3n) is 5.43. The number of hydrogen-bond donors (Lipinski definition) is 2. The van der Waals surface area contributed by atoms with Crippen LogP contribution in [-0.2, 0) is 25.5 Å². The summed E-state index contributed by atoms with van der Waals surface area (Å²) in [4.78, 5) is 52.2. The van der Waals surface area contributed by atoms with Crippen LogP contribution in [-0.4, -0.2) is 41.0 Å². The lowest BCUT2D eigenvalue weighted by atomic mass is 10.0. The van der Waals surface area contributed by atoms with Crippen molar-refractivity contribution in [3.8, 4) is 10.6 Å². The first-order chi connectivity index (χ1) is 17.7. The highest BCUT2D eigenvalue weighted by molar-refractivity contribution is 9.09. The van der Waals surface area contributed by atoms with E-state index in [0.29, 0.717) is 23.6 Å². The second-order valence-corrected chi connectivity index (χ2v) is 9.99. The molecule has 198 valence electrons. The average Bonchev–Trinajstić information content (AvgIpc) is 3.39. The minimum atomic E-state index is -0.801. The molecule has 1 aromatic heterocycles. The number of unbranched alkanes of at least 4 members (excludes halogenated alkanes) is 3. The Hall–Kier alpha value is -3.11. The first-order valence-corrected chi connectivity index (χ1v) is 14.0. The summed E-state index contributed by atoms with van der Waals surface area (Å²) in [6.07, 6.45) is 7.26. The Balaban J connectivity index is 1.80. The number of carbonyl (C=O) groups excluding carboxylic acids is 4. The molecule has 0 saturated heterocycles. The molecule has 0 atom stereocenters. The number of Topliss-reactive ketones (excluding diaryl/α,β-unsaturated/α-hetero) is 1. The fraction of sp³-hybridized carbons (Fsp3) is 0.370. The van der Waals surface area contributed by atoms with Crippen LogP contribution in [0, 0.1) is 0 Å². The topological polar surface area (TPSA) is 114 Å². The van der Waals surface area contributed by atoms with Crippen molar-refractivity contribution in [3.05, 3.63) is 65.5 Å². The third-order valence-corrected chi connectivity index (χ3v) is 6.88. The van der Waals surface area contributed by atoms with Gasteiger partial charge in [-0.2, -0.15) is 0 Å². The monoisotopic (exact) mass is 589 g/mol. The second-order valence-electron chi connectivity index (χ2n) is 8.34. The number of aryl methyl sites for hydroxylation is 1. The number of nitrogens with zero attached hydrogens (tertiary/aromatic N) is 1. The van der Waals surface area contributed by atoms with E-state index in [-0.39, 0.29) is 17.1 Å². The zero-order valence-electron chi connectivity index (χ0n) is 20.9. The van der Waals surface area contributed by atoms with Gasteiger partial charge in [0.1, 0.15) is 22.2 Å². The molecule has 0 bridgehead atoms. The van der Waals surface area contributed by atoms with Crippen molar-refractivity contribution in [1.82, 2.24) is 15.6 Å². The summed E-state index contributed by atoms with van der Waals surface area (Å²) in [5.41, 5.74) is 1.66. The van der Waals surface area contributed by atoms with Gasteiger partial charge in [0, 0.05) is 29.1 Å². The van der Waals surface area contributed by atoms with Gasteiger partial charge in [-0.05, 0) is 37.7 Å². The van der Waals surface area contributed by atoms with Crippen LogP contribution in [0.5, 0.6) is 0 Å². The van der Waals surface area contributed by atoms with Gasteiger partial charge < -0.3 is 15.4 Å². The number of rotatable bonds is 16. The van der Waals surface area contributed by atoms with E-state index in [2.05, 4.69) is 49.4 Å². The van der Waals surface area contributed by atoms with Gasteiger partial charge in [-0.25, -0.2) is 9.78 Å². The number of benzene rings is 1. The van der Waals surface area contributed by atoms with E-state index < -0.39 is 17.8 Å². The summed E-state index contributed by atoms with van der Waals surface area (Å²) in [6, 6.07) is 7.96. The highest BCUT2D eigenvalue weighted by Crippen LogP contribution is 2.24. The average molecular weight is 591 g/mol. The predicted octanol–water partition coefficient (Wildman–Crippen LogP) is 5.09. The lowest BCUT2D eigenvalue weighted by Gasteiger charge is -2.09. The Morgan fingerprint density at radius 2 is 1.62 bits per heavy atom. The quantitative estimate of drug-likeness (QED) is 0.122. The van der Waals surface area contributed by atoms with Gasteiger partial charge in [-0.1, -0.05) is 59.8 Å². The summed E-state index contributed by atoms with van der Waals surface area (Å²) >= 11 is 4.71. The van der Waals surface area contributed by atoms with Gasteiger partial charge in [-0.3, -0.25) is 14.4 Å². The van der Waals surface area contributed by atoms with Crippen LogP contribution in [0.1, 0.15) is 61.0 Å². The van der Waals surface area contributed by atoms with E-state index >= 15 is 0 Å². The van der Waals surface area contributed by atoms with Gasteiger partial charge >= 0.3 is 5.97 Å². The molecule has 0 fully saturated rings. The molecule has 8 nitrogen and oxygen atoms in total. The molecule has 2 N–H and O–H groups in total. The molecule has 37 heavy (non-hydrogen) atoms. The number of ketones is 1. The number of amides is 2. The Morgan fingerprint density at radius 3 is 2.27 bits per heavy atom. The number of esters is 1. The Labute approximate surface area is 229 Å². The van der Waals surface area contributed by atoms with E-state index in [9.17, 15) is 19.2 Å². The molecule has 2 amide bonds. The molecule has 0 aliphatic heterocycles. The largest absolute Gasteiger partial charge is 0.464 e. The van der Waals surface area contributed by atoms with E-state index in [1.54, 1.807) is 5.38 Å². The molecule has 0 aliphatic rings. The molecule has 1 heterocycles. The molecule has 0 saturated carbocycles. The van der Waals surface area contributed by atoms with Crippen molar-refractivity contribution >= 4 is 50.8 Å². The van der Waals surface area contributed by atoms with Crippen molar-refractivity contribution in [2.45, 2.75) is 51.4 Å². The van der Waals surface area contributed by atoms with Crippen LogP contribution in [0.3, 0.4) is 0 Å². The third kappa shape index (κ3) is 10.4. The number of ether oxygens (including phenoxy) is 1. The summed E-state index contributed by atoms with van der Waals surface area (Å²) in [5.74, 6) is -1.83. The minimum absolute atomic E-state index is 0.140. The van der Waals surface area contributed by atoms with E-state index in [0.717, 1.165) is 56.5 Å². The Kier molecular flexibility index (Phi) is 12.9. The zero-order valence-corrected chi connectivity index (χ0v) is 23.3. The zero-order chi connectivity index (χ0) is 27.2. The number of methoxy groups -OCH3 is 1. The number of carbonyl (C=O) groups is 4. The van der Waals surface area contributed by atoms with Crippen LogP contribution in [0.4, 0.5) is 0 Å². The van der Waals surface area contributed by atoms with Crippen LogP contribution in [0.15, 0.2) is 54.2 Å². The summed E-state index contributed by atoms with van der Waals surface area (Å²) in [6.45, 7) is 6.90. The van der Waals surface area contributed by atoms with Crippen LogP contribution >= 0.6 is 27.3 Å². The standard InChI is InChI=1S/C27H32BrN3O5S/c1-18(24(33)30-19(2)27(35)36-3)29-25(34)23-17-37-26(31-23)21-14-12-20(13-15-21)9-6-7-11-22(32)10-5-4-8-16-28/h12-15,17H,1-2,4-11,16H2,3H3,(H,29,34)(H,30,33). The number of halogens is 1. The Bertz CT molecular complexity index is 1130. The maximum atomic E-state index is 12.5. The van der Waals surface area contributed by atoms with Crippen LogP contribution in [0.2, 0.25) is 0 Å². The number of alkyl halides is 1. The molecule has 2 rings (SSSR count). The van der Waals surface area contributed by atoms with Gasteiger partial charge in [0.2, 0.25) is 0 Å². The molecule has 0 aliphatic carbocycles. The summed E-state index contributed by atoms with van der Waals surface area (Å²) in [5, 5.41) is 7.81. The first kappa shape index (κ1) is 30.1. The molecule has 10 heteroatoms. The fourth-order valence-electron chi connectivity index (χ4n) is 3.34. The van der Waals surface area contributed by atoms with Crippen molar-refractivity contribution in [1.29, 1.82) is 0 Å². The van der Waals surface area contributed by atoms with Crippen molar-refractivity contribution < 1.29 is 23.9 Å². The SMILES string of the molecule is C=C(NC(=O)c1csc(-c2ccc(CCCCC(=O)CCCCCBr)cc2)n1)C(=O)NC(=C)C(=O)OC. The fourth-order valence-corrected chi connectivity index (χ4v) is 4.54. The summed E-state index contributed by atoms with van der Waals surface area (Å²) < 4.78 is 4.45. The highest BCUT2D eigenvalue weighted by atomic mass is 79.9. The van der Waals surface area contributed by atoms with Crippen molar-refractivity contribution in [2.24, 2.45) is 0 Å². The molecule has 0 radical (unpaired) electrons. The lowest BCUT2D eigenvalue weighted by molar-refractivity contribution is -0.137. The molecular formula is C27H32BrN3O5S. The van der Waals surface area contributed by atoms with E-state index in [1.165, 1.54) is 16.9 Å². The maximum Gasteiger partial charge on any atom is 0.353 e. The normalized spacial score (nSPS) is 10.4. The van der Waals surface area contributed by atoms with Crippen LogP contribution < -0.4 is 10.6 Å². The Morgan fingerprint density at radius 1 is 0.946 bits per heavy atom. The van der Waals surface area contributed by atoms with E-state index in [1.807, 2.05) is 24.3 Å². The lowest BCUT2D eigenvalue weighted by Crippen LogP contribution is -2.35. The highest BCUT2D eigenvalue weighted by Gasteiger charge is 2.18. The molecule has 0 unspecified atom stereocenters. The molecule has 2 aromatic rings. The van der Waals surface area contributed by atoms with Gasteiger partial charge in [-0.15, -0.1) is 11.3 Å². The number of aromatic nitrogens is 1. The predicted molar refractivity (Wildman–Crippen MR) is 148 cm³/mol. The van der Waals surface area contributed by atoms with E-state index in [4.69, 9.17) is 0 Å². The minimum Gasteiger partial charge on any atom is -0.464 e. The van der Waals surface area contributed by atoms with Crippen LogP contribution in [0.25, 0.3) is 10.6 Å². The van der Waals surface area contributed by atoms with Crippen molar-refractivity contribution in [3.63, 3.8) is 0 Å². The van der Waals surface area contributed by atoms with Gasteiger partial charge in [0.25, 0.3) is 11.8 Å². The van der Waals surface area contributed by atoms with Crippen molar-refractivity contribution in [2.75, 3.05) is 12.4 Å². The molecule has 1 aromatic carbocycles. The second kappa shape index (κ2) is 15.9. The number of hydrogen-bond acceptors (Lipinski definition) is 7. The summed E-state index contributed by atoms with van der Waals surface area (Å²) in [7, 11) is 1.16.